The summed E-state index contributed by atoms with van der Waals surface area (Å²) in [5.41, 5.74) is 0. The molecule has 0 spiro atoms. The molecule has 0 aliphatic rings. The topological polar surface area (TPSA) is 1320 Å². The highest BCUT2D eigenvalue weighted by molar-refractivity contribution is 5.33. The maximum absolute atomic E-state index is 8.36. The Morgan fingerprint density at radius 1 is 0.163 bits per heavy atom. The molecule has 45 nitrogen and oxygen atoms in total. The van der Waals surface area contributed by atoms with Crippen LogP contribution in [0.25, 0.3) is 0 Å². The predicted octanol–water partition coefficient (Wildman–Crippen LogP) is -30.7. The molecule has 368 valence electrons. The Labute approximate surface area is 270 Å². The van der Waals surface area contributed by atoms with Crippen molar-refractivity contribution < 1.29 is 237 Å². The van der Waals surface area contributed by atoms with Gasteiger partial charge in [-0.2, -0.15) is 0 Å². The van der Waals surface area contributed by atoms with Crippen molar-refractivity contribution in [3.63, 3.8) is 0 Å². The van der Waals surface area contributed by atoms with Crippen molar-refractivity contribution in [2.75, 3.05) is 0 Å². The lowest BCUT2D eigenvalue weighted by Gasteiger charge is -1.34. The van der Waals surface area contributed by atoms with Gasteiger partial charge in [0.25, 0.3) is 25.9 Å². The summed E-state index contributed by atoms with van der Waals surface area (Å²) >= 11 is 0. The summed E-state index contributed by atoms with van der Waals surface area (Å²) in [4.78, 5) is 33.4. The van der Waals surface area contributed by atoms with Crippen molar-refractivity contribution in [2.24, 2.45) is 0 Å². The smallest absolute Gasteiger partial charge is 0.290 e. The van der Waals surface area contributed by atoms with Gasteiger partial charge in [0.2, 0.25) is 0 Å². The molecule has 0 saturated heterocycles. The van der Waals surface area contributed by atoms with Gasteiger partial charge < -0.3 is 224 Å². The Kier molecular flexibility index (Phi) is 49300000. The van der Waals surface area contributed by atoms with E-state index in [9.17, 15) is 0 Å². The van der Waals surface area contributed by atoms with Gasteiger partial charge in [-0.15, -0.1) is 0 Å². The van der Waals surface area contributed by atoms with Gasteiger partial charge in [0, 0.05) is 0 Å². The summed E-state index contributed by atoms with van der Waals surface area (Å²) < 4.78 is 0. The first-order valence-corrected chi connectivity index (χ1v) is 1.98. The average Bonchev–Trinajstić information content (AvgIpc) is 1.92. The molecule has 0 heterocycles. The zero-order chi connectivity index (χ0) is 10.8. The van der Waals surface area contributed by atoms with E-state index in [2.05, 4.69) is 0 Å². The van der Waals surface area contributed by atoms with Crippen LogP contribution in [0.4, 0.5) is 0 Å². The van der Waals surface area contributed by atoms with Crippen LogP contribution in [-0.2, 0) is 19.2 Å². The molecule has 0 unspecified atom stereocenters. The zero-order valence-electron chi connectivity index (χ0n) is 24.4. The Balaban J connectivity index is -0.000000000357. The lowest BCUT2D eigenvalue weighted by molar-refractivity contribution is -0.123. The van der Waals surface area contributed by atoms with Crippen LogP contribution < -0.4 is 6.15 Å². The van der Waals surface area contributed by atoms with Crippen LogP contribution in [0.2, 0.25) is 0 Å². The van der Waals surface area contributed by atoms with Gasteiger partial charge in [0.1, 0.15) is 0 Å². The van der Waals surface area contributed by atoms with Crippen molar-refractivity contribution in [3.05, 3.63) is 0 Å². The Morgan fingerprint density at radius 3 is 0.163 bits per heavy atom. The minimum atomic E-state index is -0.250. The van der Waals surface area contributed by atoms with Gasteiger partial charge in [0.15, 0.2) is 0 Å². The first-order chi connectivity index (χ1) is 5.66. The van der Waals surface area contributed by atoms with Crippen LogP contribution in [0.1, 0.15) is 0 Å². The number of rotatable bonds is 0. The van der Waals surface area contributed by atoms with E-state index in [1.54, 1.807) is 0 Å². The minimum absolute atomic E-state index is 0. The van der Waals surface area contributed by atoms with E-state index in [0.29, 0.717) is 0 Å². The largest absolute Gasteiger partial charge is 0.483 e. The molecule has 49 heavy (non-hydrogen) atoms. The van der Waals surface area contributed by atoms with E-state index < -0.39 is 0 Å². The normalized spacial score (nSPS) is 0.980. The van der Waals surface area contributed by atoms with E-state index in [4.69, 9.17) is 39.6 Å². The summed E-state index contributed by atoms with van der Waals surface area (Å²) in [5.74, 6) is 0. The molecule has 0 aromatic rings. The lowest BCUT2D eigenvalue weighted by atomic mass is 11.7. The highest BCUT2D eigenvalue weighted by Crippen LogP contribution is 0.975. The maximum atomic E-state index is 8.36. The lowest BCUT2D eigenvalue weighted by Crippen LogP contribution is -1.49. The van der Waals surface area contributed by atoms with Crippen LogP contribution in [0, 0.1) is 0 Å². The van der Waals surface area contributed by atoms with Crippen molar-refractivity contribution in [2.45, 2.75) is 0 Å². The Bertz CT molecular complexity index is 80.9. The van der Waals surface area contributed by atoms with Crippen molar-refractivity contribution in [3.8, 4) is 0 Å². The van der Waals surface area contributed by atoms with Crippen molar-refractivity contribution in [1.29, 1.82) is 0 Å². The molecule has 45 heteroatoms. The van der Waals surface area contributed by atoms with Crippen LogP contribution in [0.5, 0.6) is 0 Å². The average molecular weight is 850 g/mol. The Hall–Kier alpha value is -3.60. The molecule has 0 saturated carbocycles. The van der Waals surface area contributed by atoms with E-state index in [0.717, 1.165) is 0 Å². The van der Waals surface area contributed by atoms with Crippen molar-refractivity contribution >= 4 is 25.9 Å². The molecule has 0 amide bonds. The van der Waals surface area contributed by atoms with Gasteiger partial charge >= 0.3 is 0 Å². The first-order valence-electron chi connectivity index (χ1n) is 1.98. The molecule has 0 atom stereocenters. The van der Waals surface area contributed by atoms with Gasteiger partial charge in [-0.3, -0.25) is 19.2 Å². The predicted molar refractivity (Wildman–Crippen MR) is 170 cm³/mol. The minimum Gasteiger partial charge on any atom is -0.483 e. The van der Waals surface area contributed by atoms with Crippen LogP contribution >= 0.6 is 0 Å². The molecule has 79 N–H and O–H groups in total. The fourth-order valence-electron chi connectivity index (χ4n) is 0. The van der Waals surface area contributed by atoms with Crippen LogP contribution in [0.3, 0.4) is 0 Å². The van der Waals surface area contributed by atoms with Gasteiger partial charge in [0.05, 0.1) is 0 Å². The second-order valence-corrected chi connectivity index (χ2v) is 0.422. The number of hydrogen-bond donors (Lipinski definition) is 5. The molecule has 0 aromatic heterocycles. The molecule has 0 rings (SSSR count). The fourth-order valence-corrected chi connectivity index (χ4v) is 0. The third kappa shape index (κ3) is 6160. The molecule has 0 aliphatic carbocycles. The molecule has 0 aliphatic heterocycles. The third-order valence-electron chi connectivity index (χ3n) is 0. The monoisotopic (exact) mass is 849 g/mol. The summed E-state index contributed by atoms with van der Waals surface area (Å²) in [7, 11) is 0. The molecule has 0 bridgehead atoms. The van der Waals surface area contributed by atoms with E-state index in [1.807, 2.05) is 0 Å². The molecule has 0 radical (unpaired) electrons. The fraction of sp³-hybridized carbons (Fsp3) is 0. The highest BCUT2D eigenvalue weighted by atomic mass is 16.4. The van der Waals surface area contributed by atoms with Crippen molar-refractivity contribution in [1.82, 2.24) is 6.15 Å². The summed E-state index contributed by atoms with van der Waals surface area (Å²) in [6.07, 6.45) is 0. The molecule has 0 fully saturated rings. The summed E-state index contributed by atoms with van der Waals surface area (Å²) in [5, 5.41) is 27.6. The number of hydrogen-bond acceptors (Lipinski definition) is 5. The standard InChI is InChI=1S/4CH2O2.H3N.36H2O/c4*2-1-3;;;;;;;;;;;;;;;;;;;;;;;;;;;;;;;;;;;;;/h4*1H,(H,2,3);1H3;36*1H2. The third-order valence-corrected chi connectivity index (χ3v) is 0. The van der Waals surface area contributed by atoms with E-state index in [-0.39, 0.29) is 229 Å². The van der Waals surface area contributed by atoms with Gasteiger partial charge in [-0.05, 0) is 0 Å². The van der Waals surface area contributed by atoms with Crippen LogP contribution in [0.15, 0.2) is 0 Å². The maximum Gasteiger partial charge on any atom is 0.290 e. The van der Waals surface area contributed by atoms with E-state index >= 15 is 0 Å². The molecular formula is C4H83NO44. The van der Waals surface area contributed by atoms with Crippen LogP contribution in [-0.4, -0.2) is 243 Å². The van der Waals surface area contributed by atoms with Gasteiger partial charge in [-0.25, -0.2) is 0 Å². The van der Waals surface area contributed by atoms with Gasteiger partial charge in [-0.1, -0.05) is 0 Å². The van der Waals surface area contributed by atoms with E-state index in [1.165, 1.54) is 0 Å². The zero-order valence-corrected chi connectivity index (χ0v) is 24.4. The molecule has 0 aromatic carbocycles. The summed E-state index contributed by atoms with van der Waals surface area (Å²) in [6.45, 7) is -1.00. The Morgan fingerprint density at radius 2 is 0.163 bits per heavy atom. The second kappa shape index (κ2) is 523000. The number of carboxylic acid groups (broad SMARTS) is 4. The number of carbonyl (C=O) groups is 4. The highest BCUT2D eigenvalue weighted by Gasteiger charge is 1.23. The molecular weight excluding hydrogens is 766 g/mol. The first kappa shape index (κ1) is 4620. The second-order valence-electron chi connectivity index (χ2n) is 0.422. The SMILES string of the molecule is N.O.O.O.O.O.O.O.O.O.O.O.O.O.O.O.O.O.O.O.O.O.O.O.O.O.O.O.O.O.O.O.O.O.O.O.O.O=CO.O=CO.O=CO.O=CO. The summed E-state index contributed by atoms with van der Waals surface area (Å²) in [6, 6.07) is 0. The quantitative estimate of drug-likeness (QED) is 0.144.